The first-order valence-corrected chi connectivity index (χ1v) is 18.8. The van der Waals surface area contributed by atoms with Gasteiger partial charge in [-0.15, -0.1) is 0 Å². The zero-order valence-electron chi connectivity index (χ0n) is 29.4. The maximum Gasteiger partial charge on any atom is 0.119 e. The maximum atomic E-state index is 6.09. The van der Waals surface area contributed by atoms with Gasteiger partial charge in [0.05, 0.1) is 30.7 Å². The van der Waals surface area contributed by atoms with E-state index in [4.69, 9.17) is 14.6 Å². The lowest BCUT2D eigenvalue weighted by Gasteiger charge is -2.24. The topological polar surface area (TPSA) is 34.1 Å². The molecule has 0 bridgehead atoms. The van der Waals surface area contributed by atoms with Crippen LogP contribution in [0.2, 0.25) is 0 Å². The van der Waals surface area contributed by atoms with E-state index in [9.17, 15) is 0 Å². The van der Waals surface area contributed by atoms with Crippen molar-refractivity contribution >= 4 is 17.5 Å². The highest BCUT2D eigenvalue weighted by Crippen LogP contribution is 2.36. The molecule has 0 amide bonds. The van der Waals surface area contributed by atoms with Crippen molar-refractivity contribution in [1.29, 1.82) is 0 Å². The number of hydrogen-bond acceptors (Lipinski definition) is 4. The largest absolute Gasteiger partial charge is 0.494 e. The molecule has 4 heteroatoms. The molecule has 1 aliphatic heterocycles. The molecule has 0 saturated heterocycles. The van der Waals surface area contributed by atoms with E-state index < -0.39 is 0 Å². The van der Waals surface area contributed by atoms with Crippen LogP contribution in [0.3, 0.4) is 0 Å². The molecule has 0 aliphatic carbocycles. The van der Waals surface area contributed by atoms with Crippen molar-refractivity contribution in [3.63, 3.8) is 0 Å². The molecule has 0 saturated carbocycles. The van der Waals surface area contributed by atoms with Gasteiger partial charge in [-0.05, 0) is 66.4 Å². The fraction of sp³-hybridized carbons (Fsp3) is 0.512. The van der Waals surface area contributed by atoms with Crippen LogP contribution in [-0.2, 0) is 0 Å². The van der Waals surface area contributed by atoms with E-state index in [0.29, 0.717) is 0 Å². The standard InChI is InChI=1S/C43H60N2O2/c1-3-5-7-9-11-13-15-20-34-46-41-30-25-37(26-31-41)24-29-39-36-43(45(44-39)40-22-18-17-19-23-40)38-27-32-42(33-28-38)47-35-21-16-14-12-10-8-6-4-2/h17-19,22-33,43H,3-16,20-21,34-36H2,1-2H3/b29-24+/t43-/m1/s1. The predicted molar refractivity (Wildman–Crippen MR) is 202 cm³/mol. The highest BCUT2D eigenvalue weighted by atomic mass is 16.5. The molecule has 1 heterocycles. The molecule has 254 valence electrons. The van der Waals surface area contributed by atoms with Crippen LogP contribution in [-0.4, -0.2) is 18.9 Å². The highest BCUT2D eigenvalue weighted by Gasteiger charge is 2.28. The van der Waals surface area contributed by atoms with Crippen molar-refractivity contribution in [2.45, 2.75) is 129 Å². The van der Waals surface area contributed by atoms with Crippen LogP contribution in [0, 0.1) is 0 Å². The van der Waals surface area contributed by atoms with E-state index in [1.807, 2.05) is 0 Å². The van der Waals surface area contributed by atoms with Crippen molar-refractivity contribution in [2.24, 2.45) is 5.10 Å². The van der Waals surface area contributed by atoms with Crippen molar-refractivity contribution in [1.82, 2.24) is 0 Å². The molecule has 3 aromatic rings. The third-order valence-corrected chi connectivity index (χ3v) is 9.10. The second-order valence-corrected chi connectivity index (χ2v) is 13.1. The summed E-state index contributed by atoms with van der Waals surface area (Å²) in [6, 6.07) is 27.7. The van der Waals surface area contributed by atoms with Crippen LogP contribution in [0.5, 0.6) is 11.5 Å². The molecular weight excluding hydrogens is 576 g/mol. The van der Waals surface area contributed by atoms with Crippen LogP contribution in [0.4, 0.5) is 5.69 Å². The molecule has 3 aromatic carbocycles. The van der Waals surface area contributed by atoms with E-state index in [1.165, 1.54) is 95.5 Å². The molecule has 0 fully saturated rings. The number of hydrogen-bond donors (Lipinski definition) is 0. The van der Waals surface area contributed by atoms with Crippen LogP contribution in [0.25, 0.3) is 6.08 Å². The zero-order valence-corrected chi connectivity index (χ0v) is 29.4. The van der Waals surface area contributed by atoms with Gasteiger partial charge in [0.15, 0.2) is 0 Å². The number of hydrazone groups is 1. The summed E-state index contributed by atoms with van der Waals surface area (Å²) in [5.41, 5.74) is 4.58. The van der Waals surface area contributed by atoms with Gasteiger partial charge in [-0.1, -0.05) is 152 Å². The van der Waals surface area contributed by atoms with Gasteiger partial charge in [-0.3, -0.25) is 5.01 Å². The number of rotatable bonds is 24. The minimum Gasteiger partial charge on any atom is -0.494 e. The van der Waals surface area contributed by atoms with Crippen molar-refractivity contribution < 1.29 is 9.47 Å². The predicted octanol–water partition coefficient (Wildman–Crippen LogP) is 12.7. The number of ether oxygens (including phenoxy) is 2. The molecule has 47 heavy (non-hydrogen) atoms. The van der Waals surface area contributed by atoms with Gasteiger partial charge in [0.1, 0.15) is 11.5 Å². The number of anilines is 1. The Morgan fingerprint density at radius 3 is 1.60 bits per heavy atom. The summed E-state index contributed by atoms with van der Waals surface area (Å²) in [4.78, 5) is 0. The quantitative estimate of drug-likeness (QED) is 0.0918. The Bertz CT molecular complexity index is 1280. The van der Waals surface area contributed by atoms with Gasteiger partial charge < -0.3 is 9.47 Å². The number of para-hydroxylation sites is 1. The molecular formula is C43H60N2O2. The lowest BCUT2D eigenvalue weighted by atomic mass is 10.0. The molecule has 1 atom stereocenters. The minimum absolute atomic E-state index is 0.144. The molecule has 0 N–H and O–H groups in total. The van der Waals surface area contributed by atoms with Gasteiger partial charge in [-0.2, -0.15) is 5.10 Å². The molecule has 1 aliphatic rings. The Morgan fingerprint density at radius 1 is 0.574 bits per heavy atom. The van der Waals surface area contributed by atoms with Crippen LogP contribution in [0.1, 0.15) is 140 Å². The SMILES string of the molecule is CCCCCCCCCCOc1ccc(/C=C/C2=NN(c3ccccc3)[C@@H](c3ccc(OCCCCCCCCCC)cc3)C2)cc1. The van der Waals surface area contributed by atoms with E-state index in [-0.39, 0.29) is 6.04 Å². The molecule has 0 spiro atoms. The number of nitrogens with zero attached hydrogens (tertiary/aromatic N) is 2. The fourth-order valence-corrected chi connectivity index (χ4v) is 6.22. The minimum atomic E-state index is 0.144. The summed E-state index contributed by atoms with van der Waals surface area (Å²) in [5, 5.41) is 7.23. The van der Waals surface area contributed by atoms with Crippen LogP contribution >= 0.6 is 0 Å². The fourth-order valence-electron chi connectivity index (χ4n) is 6.22. The maximum absolute atomic E-state index is 6.09. The Balaban J connectivity index is 1.24. The third-order valence-electron chi connectivity index (χ3n) is 9.10. The molecule has 4 nitrogen and oxygen atoms in total. The molecule has 4 rings (SSSR count). The molecule has 0 aromatic heterocycles. The van der Waals surface area contributed by atoms with Gasteiger partial charge in [0.25, 0.3) is 0 Å². The summed E-state index contributed by atoms with van der Waals surface area (Å²) in [5.74, 6) is 1.90. The summed E-state index contributed by atoms with van der Waals surface area (Å²) < 4.78 is 12.1. The van der Waals surface area contributed by atoms with E-state index in [0.717, 1.165) is 60.9 Å². The van der Waals surface area contributed by atoms with Crippen molar-refractivity contribution in [2.75, 3.05) is 18.2 Å². The third kappa shape index (κ3) is 13.6. The van der Waals surface area contributed by atoms with Gasteiger partial charge in [0.2, 0.25) is 0 Å². The monoisotopic (exact) mass is 636 g/mol. The number of benzene rings is 3. The van der Waals surface area contributed by atoms with E-state index >= 15 is 0 Å². The smallest absolute Gasteiger partial charge is 0.119 e. The lowest BCUT2D eigenvalue weighted by Crippen LogP contribution is -2.18. The second kappa shape index (κ2) is 22.1. The summed E-state index contributed by atoms with van der Waals surface area (Å²) in [6.45, 7) is 6.13. The summed E-state index contributed by atoms with van der Waals surface area (Å²) in [6.07, 6.45) is 26.2. The van der Waals surface area contributed by atoms with Crippen molar-refractivity contribution in [3.8, 4) is 11.5 Å². The van der Waals surface area contributed by atoms with Gasteiger partial charge in [0, 0.05) is 6.42 Å². The Hall–Kier alpha value is -3.53. The van der Waals surface area contributed by atoms with Gasteiger partial charge >= 0.3 is 0 Å². The van der Waals surface area contributed by atoms with Gasteiger partial charge in [-0.25, -0.2) is 0 Å². The molecule has 0 unspecified atom stereocenters. The lowest BCUT2D eigenvalue weighted by molar-refractivity contribution is 0.304. The van der Waals surface area contributed by atoms with E-state index in [2.05, 4.69) is 110 Å². The van der Waals surface area contributed by atoms with Crippen LogP contribution in [0.15, 0.2) is 90.0 Å². The summed E-state index contributed by atoms with van der Waals surface area (Å²) in [7, 11) is 0. The average molecular weight is 637 g/mol. The number of allylic oxidation sites excluding steroid dienone is 1. The van der Waals surface area contributed by atoms with E-state index in [1.54, 1.807) is 0 Å². The zero-order chi connectivity index (χ0) is 32.8. The van der Waals surface area contributed by atoms with Crippen LogP contribution < -0.4 is 14.5 Å². The Labute approximate surface area is 286 Å². The Morgan fingerprint density at radius 2 is 1.06 bits per heavy atom. The molecule has 0 radical (unpaired) electrons. The second-order valence-electron chi connectivity index (χ2n) is 13.1. The highest BCUT2D eigenvalue weighted by molar-refractivity contribution is 6.01. The first-order chi connectivity index (χ1) is 23.3. The normalized spacial score (nSPS) is 14.6. The summed E-state index contributed by atoms with van der Waals surface area (Å²) >= 11 is 0. The first kappa shape index (κ1) is 36.3. The number of unbranched alkanes of at least 4 members (excludes halogenated alkanes) is 14. The Kier molecular flexibility index (Phi) is 17.1. The average Bonchev–Trinajstić information content (AvgIpc) is 3.55. The van der Waals surface area contributed by atoms with Crippen molar-refractivity contribution in [3.05, 3.63) is 96.1 Å². The first-order valence-electron chi connectivity index (χ1n) is 18.8.